The normalized spacial score (nSPS) is 13.5. The Morgan fingerprint density at radius 2 is 2.00 bits per heavy atom. The van der Waals surface area contributed by atoms with Crippen LogP contribution < -0.4 is 10.1 Å². The molecule has 4 aromatic heterocycles. The summed E-state index contributed by atoms with van der Waals surface area (Å²) in [6, 6.07) is 13.4. The Kier molecular flexibility index (Phi) is 4.34. The Bertz CT molecular complexity index is 1320. The van der Waals surface area contributed by atoms with Gasteiger partial charge in [0.2, 0.25) is 11.7 Å². The molecule has 1 aromatic carbocycles. The van der Waals surface area contributed by atoms with Gasteiger partial charge in [-0.15, -0.1) is 15.3 Å². The zero-order chi connectivity index (χ0) is 20.6. The van der Waals surface area contributed by atoms with E-state index in [0.29, 0.717) is 23.2 Å². The van der Waals surface area contributed by atoms with Gasteiger partial charge in [-0.1, -0.05) is 5.16 Å². The van der Waals surface area contributed by atoms with E-state index in [1.165, 1.54) is 0 Å². The SMILES string of the molecule is c1cc(-c2nnc3ccc(Nc4ccc(OCc5noc(C6CC6)n5)cc4)nn23)cs1. The lowest BCUT2D eigenvalue weighted by atomic mass is 10.3. The number of thiophene rings is 1. The topological polar surface area (TPSA) is 103 Å². The van der Waals surface area contributed by atoms with Crippen LogP contribution in [0.15, 0.2) is 57.7 Å². The Morgan fingerprint density at radius 1 is 1.10 bits per heavy atom. The highest BCUT2D eigenvalue weighted by Gasteiger charge is 2.29. The van der Waals surface area contributed by atoms with Gasteiger partial charge in [0.05, 0.1) is 0 Å². The van der Waals surface area contributed by atoms with Gasteiger partial charge in [-0.25, -0.2) is 0 Å². The molecule has 0 aliphatic heterocycles. The van der Waals surface area contributed by atoms with Gasteiger partial charge in [0.1, 0.15) is 5.75 Å². The summed E-state index contributed by atoms with van der Waals surface area (Å²) in [6.45, 7) is 0.278. The lowest BCUT2D eigenvalue weighted by molar-refractivity contribution is 0.285. The van der Waals surface area contributed by atoms with Crippen LogP contribution in [-0.2, 0) is 6.61 Å². The number of benzene rings is 1. The summed E-state index contributed by atoms with van der Waals surface area (Å²) in [5.41, 5.74) is 2.58. The van der Waals surface area contributed by atoms with E-state index < -0.39 is 0 Å². The summed E-state index contributed by atoms with van der Waals surface area (Å²) in [5, 5.41) is 24.4. The predicted molar refractivity (Wildman–Crippen MR) is 114 cm³/mol. The van der Waals surface area contributed by atoms with E-state index in [9.17, 15) is 0 Å². The minimum atomic E-state index is 0.278. The summed E-state index contributed by atoms with van der Waals surface area (Å²) in [4.78, 5) is 4.37. The van der Waals surface area contributed by atoms with Crippen molar-refractivity contribution in [1.82, 2.24) is 30.0 Å². The van der Waals surface area contributed by atoms with Crippen LogP contribution in [0.5, 0.6) is 5.75 Å². The molecule has 5 aromatic rings. The van der Waals surface area contributed by atoms with Gasteiger partial charge < -0.3 is 14.6 Å². The second-order valence-corrected chi connectivity index (χ2v) is 8.07. The second kappa shape index (κ2) is 7.47. The third-order valence-electron chi connectivity index (χ3n) is 4.95. The van der Waals surface area contributed by atoms with Crippen molar-refractivity contribution >= 4 is 28.5 Å². The van der Waals surface area contributed by atoms with Gasteiger partial charge in [0, 0.05) is 22.5 Å². The van der Waals surface area contributed by atoms with Crippen LogP contribution in [0.25, 0.3) is 17.0 Å². The molecule has 1 saturated carbocycles. The number of rotatable bonds is 7. The molecule has 1 aliphatic rings. The first-order chi connectivity index (χ1) is 15.3. The number of fused-ring (bicyclic) bond motifs is 1. The lowest BCUT2D eigenvalue weighted by Crippen LogP contribution is -2.01. The number of ether oxygens (including phenoxy) is 1. The van der Waals surface area contributed by atoms with E-state index in [0.717, 1.165) is 41.6 Å². The van der Waals surface area contributed by atoms with Crippen LogP contribution in [0.4, 0.5) is 11.5 Å². The minimum Gasteiger partial charge on any atom is -0.485 e. The number of hydrogen-bond donors (Lipinski definition) is 1. The summed E-state index contributed by atoms with van der Waals surface area (Å²) in [5.74, 6) is 3.87. The molecule has 1 N–H and O–H groups in total. The van der Waals surface area contributed by atoms with Gasteiger partial charge in [-0.3, -0.25) is 0 Å². The van der Waals surface area contributed by atoms with E-state index in [-0.39, 0.29) is 6.61 Å². The molecule has 154 valence electrons. The third-order valence-corrected chi connectivity index (χ3v) is 5.63. The molecule has 0 amide bonds. The fraction of sp³-hybridized carbons (Fsp3) is 0.190. The molecule has 0 saturated heterocycles. The summed E-state index contributed by atoms with van der Waals surface area (Å²) >= 11 is 1.61. The van der Waals surface area contributed by atoms with E-state index in [1.807, 2.05) is 53.2 Å². The van der Waals surface area contributed by atoms with Crippen molar-refractivity contribution in [1.29, 1.82) is 0 Å². The molecule has 0 bridgehead atoms. The highest BCUT2D eigenvalue weighted by atomic mass is 32.1. The second-order valence-electron chi connectivity index (χ2n) is 7.29. The highest BCUT2D eigenvalue weighted by Crippen LogP contribution is 2.38. The van der Waals surface area contributed by atoms with Gasteiger partial charge in [-0.05, 0) is 60.7 Å². The molecule has 0 spiro atoms. The molecule has 6 rings (SSSR count). The number of aromatic nitrogens is 6. The van der Waals surface area contributed by atoms with Crippen molar-refractivity contribution in [2.24, 2.45) is 0 Å². The maximum absolute atomic E-state index is 5.77. The zero-order valence-electron chi connectivity index (χ0n) is 16.3. The van der Waals surface area contributed by atoms with Crippen LogP contribution in [0.2, 0.25) is 0 Å². The van der Waals surface area contributed by atoms with E-state index >= 15 is 0 Å². The van der Waals surface area contributed by atoms with Crippen LogP contribution in [-0.4, -0.2) is 30.0 Å². The van der Waals surface area contributed by atoms with E-state index in [1.54, 1.807) is 15.9 Å². The van der Waals surface area contributed by atoms with Gasteiger partial charge in [-0.2, -0.15) is 20.8 Å². The Balaban J connectivity index is 1.14. The maximum Gasteiger partial charge on any atom is 0.229 e. The molecular formula is C21H17N7O2S. The van der Waals surface area contributed by atoms with Crippen molar-refractivity contribution in [3.05, 3.63) is 64.9 Å². The Hall–Kier alpha value is -3.79. The monoisotopic (exact) mass is 431 g/mol. The number of anilines is 2. The van der Waals surface area contributed by atoms with Gasteiger partial charge in [0.15, 0.2) is 23.9 Å². The quantitative estimate of drug-likeness (QED) is 0.403. The summed E-state index contributed by atoms with van der Waals surface area (Å²) < 4.78 is 12.8. The molecule has 0 radical (unpaired) electrons. The van der Waals surface area contributed by atoms with Crippen molar-refractivity contribution < 1.29 is 9.26 Å². The Morgan fingerprint density at radius 3 is 2.81 bits per heavy atom. The standard InChI is InChI=1S/C21H17N7O2S/c1-2-13(1)21-23-18(27-30-21)11-29-16-5-3-15(4-6-16)22-17-7-8-19-24-25-20(28(19)26-17)14-9-10-31-12-14/h3-10,12-13H,1-2,11H2,(H,22,26). The number of nitrogens with one attached hydrogen (secondary N) is 1. The van der Waals surface area contributed by atoms with Crippen molar-refractivity contribution in [3.63, 3.8) is 0 Å². The average Bonchev–Trinajstić information content (AvgIpc) is 3.19. The number of hydrogen-bond acceptors (Lipinski definition) is 9. The largest absolute Gasteiger partial charge is 0.485 e. The first-order valence-electron chi connectivity index (χ1n) is 9.89. The lowest BCUT2D eigenvalue weighted by Gasteiger charge is -2.08. The molecule has 9 nitrogen and oxygen atoms in total. The van der Waals surface area contributed by atoms with Crippen LogP contribution in [0.1, 0.15) is 30.5 Å². The van der Waals surface area contributed by atoms with Crippen LogP contribution in [0, 0.1) is 0 Å². The van der Waals surface area contributed by atoms with Gasteiger partial charge in [0.25, 0.3) is 0 Å². The first-order valence-corrected chi connectivity index (χ1v) is 10.8. The fourth-order valence-electron chi connectivity index (χ4n) is 3.18. The van der Waals surface area contributed by atoms with E-state index in [2.05, 4.69) is 30.8 Å². The molecule has 0 atom stereocenters. The summed E-state index contributed by atoms with van der Waals surface area (Å²) in [6.07, 6.45) is 2.26. The average molecular weight is 431 g/mol. The molecule has 0 unspecified atom stereocenters. The molecule has 1 fully saturated rings. The zero-order valence-corrected chi connectivity index (χ0v) is 17.1. The Labute approximate surface area is 180 Å². The summed E-state index contributed by atoms with van der Waals surface area (Å²) in [7, 11) is 0. The minimum absolute atomic E-state index is 0.278. The molecular weight excluding hydrogens is 414 g/mol. The molecule has 10 heteroatoms. The van der Waals surface area contributed by atoms with Crippen LogP contribution in [0.3, 0.4) is 0 Å². The van der Waals surface area contributed by atoms with Crippen molar-refractivity contribution in [2.45, 2.75) is 25.4 Å². The smallest absolute Gasteiger partial charge is 0.229 e. The van der Waals surface area contributed by atoms with Crippen molar-refractivity contribution in [2.75, 3.05) is 5.32 Å². The van der Waals surface area contributed by atoms with Gasteiger partial charge >= 0.3 is 0 Å². The van der Waals surface area contributed by atoms with Crippen molar-refractivity contribution in [3.8, 4) is 17.1 Å². The maximum atomic E-state index is 5.77. The predicted octanol–water partition coefficient (Wildman–Crippen LogP) is 4.44. The van der Waals surface area contributed by atoms with E-state index in [4.69, 9.17) is 9.26 Å². The highest BCUT2D eigenvalue weighted by molar-refractivity contribution is 7.08. The molecule has 4 heterocycles. The first kappa shape index (κ1) is 18.0. The van der Waals surface area contributed by atoms with Crippen LogP contribution >= 0.6 is 11.3 Å². The molecule has 1 aliphatic carbocycles. The fourth-order valence-corrected chi connectivity index (χ4v) is 3.81. The third kappa shape index (κ3) is 3.73. The molecule has 31 heavy (non-hydrogen) atoms. The number of nitrogens with zero attached hydrogens (tertiary/aromatic N) is 6.